The number of hydrogen-bond acceptors (Lipinski definition) is 1. The van der Waals surface area contributed by atoms with Crippen LogP contribution in [-0.4, -0.2) is 9.97 Å². The first-order valence-corrected chi connectivity index (χ1v) is 5.50. The van der Waals surface area contributed by atoms with E-state index in [1.807, 2.05) is 30.5 Å². The number of H-pyrrole nitrogens is 1. The molecule has 0 aliphatic heterocycles. The van der Waals surface area contributed by atoms with Gasteiger partial charge in [-0.25, -0.2) is 0 Å². The maximum Gasteiger partial charge on any atom is 0.0811 e. The van der Waals surface area contributed by atoms with Crippen molar-refractivity contribution in [3.63, 3.8) is 0 Å². The number of rotatable bonds is 2. The molecular formula is C15H11IrN2-. The van der Waals surface area contributed by atoms with Gasteiger partial charge in [-0.1, -0.05) is 30.3 Å². The molecule has 2 aromatic carbocycles. The quantitative estimate of drug-likeness (QED) is 0.642. The molecule has 0 saturated heterocycles. The topological polar surface area (TPSA) is 28.7 Å². The van der Waals surface area contributed by atoms with Crippen molar-refractivity contribution in [3.05, 3.63) is 67.1 Å². The van der Waals surface area contributed by atoms with E-state index in [2.05, 4.69) is 40.3 Å². The molecule has 3 aromatic rings. The van der Waals surface area contributed by atoms with Crippen molar-refractivity contribution in [2.45, 2.75) is 0 Å². The van der Waals surface area contributed by atoms with E-state index in [4.69, 9.17) is 0 Å². The normalized spacial score (nSPS) is 9.78. The van der Waals surface area contributed by atoms with Crippen LogP contribution < -0.4 is 0 Å². The van der Waals surface area contributed by atoms with Crippen LogP contribution in [0.2, 0.25) is 0 Å². The van der Waals surface area contributed by atoms with Crippen LogP contribution in [0.4, 0.5) is 0 Å². The second-order valence-electron chi connectivity index (χ2n) is 3.81. The summed E-state index contributed by atoms with van der Waals surface area (Å²) in [5.41, 5.74) is 4.32. The van der Waals surface area contributed by atoms with Crippen LogP contribution in [0.15, 0.2) is 61.1 Å². The summed E-state index contributed by atoms with van der Waals surface area (Å²) in [6, 6.07) is 19.6. The van der Waals surface area contributed by atoms with E-state index in [9.17, 15) is 0 Å². The first kappa shape index (κ1) is 12.7. The molecule has 1 N–H and O–H groups in total. The van der Waals surface area contributed by atoms with Crippen LogP contribution >= 0.6 is 0 Å². The van der Waals surface area contributed by atoms with Crippen LogP contribution in [0.1, 0.15) is 0 Å². The van der Waals surface area contributed by atoms with Gasteiger partial charge in [-0.3, -0.25) is 4.98 Å². The summed E-state index contributed by atoms with van der Waals surface area (Å²) < 4.78 is 0. The first-order chi connectivity index (χ1) is 8.43. The Bertz CT molecular complexity index is 603. The fourth-order valence-corrected chi connectivity index (χ4v) is 1.83. The van der Waals surface area contributed by atoms with Gasteiger partial charge in [0.05, 0.1) is 6.33 Å². The van der Waals surface area contributed by atoms with Gasteiger partial charge in [0, 0.05) is 25.8 Å². The maximum atomic E-state index is 4.23. The minimum Gasteiger partial charge on any atom is -0.360 e. The molecule has 3 rings (SSSR count). The molecule has 0 atom stereocenters. The van der Waals surface area contributed by atoms with Gasteiger partial charge >= 0.3 is 0 Å². The minimum atomic E-state index is 0. The fourth-order valence-electron chi connectivity index (χ4n) is 1.83. The molecule has 0 aliphatic carbocycles. The van der Waals surface area contributed by atoms with Crippen LogP contribution in [0.25, 0.3) is 22.4 Å². The Morgan fingerprint density at radius 1 is 1.00 bits per heavy atom. The number of nitrogens with one attached hydrogen (secondary N) is 1. The van der Waals surface area contributed by atoms with E-state index < -0.39 is 0 Å². The summed E-state index contributed by atoms with van der Waals surface area (Å²) in [4.78, 5) is 7.19. The van der Waals surface area contributed by atoms with Gasteiger partial charge in [-0.15, -0.1) is 35.4 Å². The largest absolute Gasteiger partial charge is 0.360 e. The van der Waals surface area contributed by atoms with E-state index >= 15 is 0 Å². The molecule has 0 spiro atoms. The van der Waals surface area contributed by atoms with Crippen molar-refractivity contribution >= 4 is 0 Å². The minimum absolute atomic E-state index is 0. The molecule has 1 aromatic heterocycles. The molecule has 0 fully saturated rings. The summed E-state index contributed by atoms with van der Waals surface area (Å²) in [6.07, 6.45) is 3.55. The first-order valence-electron chi connectivity index (χ1n) is 5.50. The van der Waals surface area contributed by atoms with Gasteiger partial charge in [0.15, 0.2) is 0 Å². The Kier molecular flexibility index (Phi) is 4.08. The zero-order chi connectivity index (χ0) is 11.5. The van der Waals surface area contributed by atoms with E-state index in [0.717, 1.165) is 11.3 Å². The molecule has 18 heavy (non-hydrogen) atoms. The van der Waals surface area contributed by atoms with Crippen molar-refractivity contribution < 1.29 is 20.1 Å². The molecule has 0 bridgehead atoms. The Hall–Kier alpha value is -1.70. The second-order valence-corrected chi connectivity index (χ2v) is 3.81. The van der Waals surface area contributed by atoms with Crippen LogP contribution in [0.3, 0.4) is 0 Å². The molecule has 91 valence electrons. The third kappa shape index (κ3) is 2.58. The van der Waals surface area contributed by atoms with E-state index in [-0.39, 0.29) is 20.1 Å². The fraction of sp³-hybridized carbons (Fsp3) is 0. The van der Waals surface area contributed by atoms with Crippen molar-refractivity contribution in [1.29, 1.82) is 0 Å². The van der Waals surface area contributed by atoms with Crippen molar-refractivity contribution in [1.82, 2.24) is 9.97 Å². The molecule has 0 unspecified atom stereocenters. The molecule has 0 aliphatic rings. The van der Waals surface area contributed by atoms with E-state index in [0.29, 0.717) is 0 Å². The van der Waals surface area contributed by atoms with Gasteiger partial charge < -0.3 is 4.98 Å². The Labute approximate surface area is 119 Å². The molecule has 3 heteroatoms. The average molecular weight is 411 g/mol. The third-order valence-electron chi connectivity index (χ3n) is 2.68. The maximum absolute atomic E-state index is 4.23. The third-order valence-corrected chi connectivity index (χ3v) is 2.68. The molecule has 1 heterocycles. The van der Waals surface area contributed by atoms with Gasteiger partial charge in [-0.05, 0) is 11.8 Å². The summed E-state index contributed by atoms with van der Waals surface area (Å²) in [6.45, 7) is 0. The molecule has 1 radical (unpaired) electrons. The van der Waals surface area contributed by atoms with Gasteiger partial charge in [0.1, 0.15) is 0 Å². The van der Waals surface area contributed by atoms with Crippen LogP contribution in [0.5, 0.6) is 0 Å². The number of nitrogens with zero attached hydrogens (tertiary/aromatic N) is 1. The summed E-state index contributed by atoms with van der Waals surface area (Å²) in [5, 5.41) is 0. The van der Waals surface area contributed by atoms with Gasteiger partial charge in [-0.2, -0.15) is 0 Å². The van der Waals surface area contributed by atoms with Crippen LogP contribution in [0, 0.1) is 6.07 Å². The molecule has 0 saturated carbocycles. The monoisotopic (exact) mass is 412 g/mol. The Morgan fingerprint density at radius 3 is 2.56 bits per heavy atom. The Morgan fingerprint density at radius 2 is 1.83 bits per heavy atom. The molecule has 2 nitrogen and oxygen atoms in total. The number of benzene rings is 2. The standard InChI is InChI=1S/C15H11N2.Ir/c1-2-5-12(6-3-1)13-7-4-8-14(9-13)15-10-16-11-17-15;/h1-7,9-11H,(H,16,17);/q-1;. The van der Waals surface area contributed by atoms with Gasteiger partial charge in [0.25, 0.3) is 0 Å². The summed E-state index contributed by atoms with van der Waals surface area (Å²) >= 11 is 0. The number of aromatic amines is 1. The number of aromatic nitrogens is 2. The zero-order valence-corrected chi connectivity index (χ0v) is 11.9. The van der Waals surface area contributed by atoms with Gasteiger partial charge in [0.2, 0.25) is 0 Å². The molecule has 0 amide bonds. The predicted octanol–water partition coefficient (Wildman–Crippen LogP) is 3.54. The second kappa shape index (κ2) is 5.76. The SMILES string of the molecule is [Ir].[c-]1ccc(-c2ccccc2)cc1-c1c[nH]cn1. The van der Waals surface area contributed by atoms with E-state index in [1.165, 1.54) is 11.1 Å². The average Bonchev–Trinajstić information content (AvgIpc) is 2.94. The van der Waals surface area contributed by atoms with Crippen molar-refractivity contribution in [2.24, 2.45) is 0 Å². The number of hydrogen-bond donors (Lipinski definition) is 1. The smallest absolute Gasteiger partial charge is 0.0811 e. The van der Waals surface area contributed by atoms with Crippen molar-refractivity contribution in [2.75, 3.05) is 0 Å². The Balaban J connectivity index is 0.00000120. The summed E-state index contributed by atoms with van der Waals surface area (Å²) in [5.74, 6) is 0. The number of imidazole rings is 1. The summed E-state index contributed by atoms with van der Waals surface area (Å²) in [7, 11) is 0. The van der Waals surface area contributed by atoms with Crippen molar-refractivity contribution in [3.8, 4) is 22.4 Å². The van der Waals surface area contributed by atoms with E-state index in [1.54, 1.807) is 6.33 Å². The predicted molar refractivity (Wildman–Crippen MR) is 68.3 cm³/mol. The molecular weight excluding hydrogens is 400 g/mol. The zero-order valence-electron chi connectivity index (χ0n) is 9.55. The van der Waals surface area contributed by atoms with Crippen LogP contribution in [-0.2, 0) is 20.1 Å².